The molecule has 3 aliphatic rings. The number of halogens is 1. The fourth-order valence-electron chi connectivity index (χ4n) is 5.65. The second-order valence-corrected chi connectivity index (χ2v) is 9.14. The van der Waals surface area contributed by atoms with E-state index in [1.807, 2.05) is 25.8 Å². The molecule has 3 aliphatic heterocycles. The van der Waals surface area contributed by atoms with Gasteiger partial charge >= 0.3 is 6.03 Å². The van der Waals surface area contributed by atoms with E-state index >= 15 is 4.39 Å². The van der Waals surface area contributed by atoms with E-state index in [0.29, 0.717) is 23.3 Å². The summed E-state index contributed by atoms with van der Waals surface area (Å²) in [6.07, 6.45) is -0.0821. The van der Waals surface area contributed by atoms with Gasteiger partial charge < -0.3 is 19.1 Å². The molecular weight excluding hydrogens is 433 g/mol. The molecule has 0 unspecified atom stereocenters. The van der Waals surface area contributed by atoms with Crippen molar-refractivity contribution in [3.8, 4) is 0 Å². The van der Waals surface area contributed by atoms with E-state index in [4.69, 9.17) is 9.26 Å². The first-order valence-electron chi connectivity index (χ1n) is 11.1. The van der Waals surface area contributed by atoms with Crippen molar-refractivity contribution in [3.63, 3.8) is 0 Å². The molecule has 1 aromatic carbocycles. The molecule has 0 saturated carbocycles. The van der Waals surface area contributed by atoms with Crippen LogP contribution >= 0.6 is 0 Å². The summed E-state index contributed by atoms with van der Waals surface area (Å²) < 4.78 is 27.3. The molecule has 1 spiro atoms. The summed E-state index contributed by atoms with van der Waals surface area (Å²) in [6, 6.07) is 0.0622. The lowest BCUT2D eigenvalue weighted by atomic mass is 9.66. The number of benzene rings is 1. The van der Waals surface area contributed by atoms with Crippen molar-refractivity contribution in [3.05, 3.63) is 17.4 Å². The van der Waals surface area contributed by atoms with Crippen molar-refractivity contribution in [1.82, 2.24) is 15.8 Å². The molecule has 2 N–H and O–H groups in total. The number of hydrogen-bond acceptors (Lipinski definition) is 8. The van der Waals surface area contributed by atoms with Crippen LogP contribution in [-0.2, 0) is 20.7 Å². The summed E-state index contributed by atoms with van der Waals surface area (Å²) in [5.74, 6) is -1.52. The number of rotatable bonds is 3. The first-order chi connectivity index (χ1) is 15.7. The fourth-order valence-corrected chi connectivity index (χ4v) is 5.65. The predicted octanol–water partition coefficient (Wildman–Crippen LogP) is 1.70. The molecule has 11 heteroatoms. The third-order valence-electron chi connectivity index (χ3n) is 6.87. The fraction of sp³-hybridized carbons (Fsp3) is 0.545. The highest BCUT2D eigenvalue weighted by atomic mass is 19.1. The van der Waals surface area contributed by atoms with E-state index in [9.17, 15) is 14.4 Å². The van der Waals surface area contributed by atoms with Crippen LogP contribution in [-0.4, -0.2) is 61.4 Å². The average molecular weight is 459 g/mol. The van der Waals surface area contributed by atoms with Crippen LogP contribution in [0.5, 0.6) is 0 Å². The Bertz CT molecular complexity index is 1160. The quantitative estimate of drug-likeness (QED) is 0.667. The Morgan fingerprint density at radius 2 is 1.97 bits per heavy atom. The number of ether oxygens (including phenoxy) is 1. The van der Waals surface area contributed by atoms with Gasteiger partial charge in [-0.2, -0.15) is 0 Å². The first-order valence-corrected chi connectivity index (χ1v) is 11.1. The van der Waals surface area contributed by atoms with Crippen molar-refractivity contribution in [1.29, 1.82) is 0 Å². The lowest BCUT2D eigenvalue weighted by Crippen LogP contribution is -2.75. The maximum Gasteiger partial charge on any atom is 0.328 e. The van der Waals surface area contributed by atoms with E-state index < -0.39 is 41.2 Å². The molecule has 5 rings (SSSR count). The Morgan fingerprint density at radius 3 is 2.64 bits per heavy atom. The molecule has 4 heterocycles. The van der Waals surface area contributed by atoms with E-state index in [1.54, 1.807) is 17.9 Å². The minimum Gasteiger partial charge on any atom is -0.372 e. The summed E-state index contributed by atoms with van der Waals surface area (Å²) in [4.78, 5) is 41.9. The SMILES string of the molecule is CCCN(C)c1noc2c(F)c3c(cc12)CC1(C(=O)NC(=O)NC1=O)[C@@H]1[C@@H](C)O[C@@H](C)CN31. The number of hydrogen-bond donors (Lipinski definition) is 2. The zero-order valence-corrected chi connectivity index (χ0v) is 18.9. The number of imide groups is 2. The molecule has 2 fully saturated rings. The van der Waals surface area contributed by atoms with Crippen molar-refractivity contribution in [2.45, 2.75) is 51.9 Å². The lowest BCUT2D eigenvalue weighted by molar-refractivity contribution is -0.153. The van der Waals surface area contributed by atoms with Crippen molar-refractivity contribution in [2.75, 3.05) is 29.9 Å². The molecule has 0 radical (unpaired) electrons. The second kappa shape index (κ2) is 7.41. The number of urea groups is 1. The zero-order valence-electron chi connectivity index (χ0n) is 18.9. The molecule has 4 amide bonds. The molecule has 33 heavy (non-hydrogen) atoms. The predicted molar refractivity (Wildman–Crippen MR) is 116 cm³/mol. The normalized spacial score (nSPS) is 26.2. The Kier molecular flexibility index (Phi) is 4.85. The number of barbiturate groups is 1. The van der Waals surface area contributed by atoms with Crippen LogP contribution in [0, 0.1) is 11.2 Å². The summed E-state index contributed by atoms with van der Waals surface area (Å²) in [5.41, 5.74) is -0.876. The van der Waals surface area contributed by atoms with Crippen molar-refractivity contribution in [2.24, 2.45) is 5.41 Å². The van der Waals surface area contributed by atoms with Gasteiger partial charge in [-0.15, -0.1) is 0 Å². The third-order valence-corrected chi connectivity index (χ3v) is 6.87. The zero-order chi connectivity index (χ0) is 23.7. The number of amides is 4. The van der Waals surface area contributed by atoms with Crippen LogP contribution in [0.25, 0.3) is 11.0 Å². The van der Waals surface area contributed by atoms with Crippen molar-refractivity contribution >= 4 is 40.3 Å². The van der Waals surface area contributed by atoms with Gasteiger partial charge in [-0.25, -0.2) is 9.18 Å². The number of fused-ring (bicyclic) bond motifs is 5. The molecule has 0 aliphatic carbocycles. The Balaban J connectivity index is 1.74. The number of anilines is 2. The van der Waals surface area contributed by atoms with Gasteiger partial charge in [0.25, 0.3) is 0 Å². The van der Waals surface area contributed by atoms with Crippen LogP contribution in [0.3, 0.4) is 0 Å². The minimum absolute atomic E-state index is 0.0286. The van der Waals surface area contributed by atoms with E-state index in [0.717, 1.165) is 6.42 Å². The van der Waals surface area contributed by atoms with Gasteiger partial charge in [0.1, 0.15) is 0 Å². The molecule has 10 nitrogen and oxygen atoms in total. The Morgan fingerprint density at radius 1 is 1.27 bits per heavy atom. The maximum absolute atomic E-state index is 16.0. The topological polar surface area (TPSA) is 117 Å². The molecule has 2 aromatic rings. The largest absolute Gasteiger partial charge is 0.372 e. The van der Waals surface area contributed by atoms with Gasteiger partial charge in [-0.1, -0.05) is 12.1 Å². The van der Waals surface area contributed by atoms with Crippen LogP contribution in [0.1, 0.15) is 32.8 Å². The number of morpholine rings is 1. The average Bonchev–Trinajstić information content (AvgIpc) is 3.15. The van der Waals surface area contributed by atoms with Gasteiger partial charge in [0.15, 0.2) is 17.1 Å². The number of carbonyl (C=O) groups is 3. The lowest BCUT2D eigenvalue weighted by Gasteiger charge is -2.55. The number of nitrogens with zero attached hydrogens (tertiary/aromatic N) is 3. The molecule has 1 aromatic heterocycles. The van der Waals surface area contributed by atoms with Crippen LogP contribution < -0.4 is 20.4 Å². The number of aromatic nitrogens is 1. The molecule has 2 saturated heterocycles. The molecule has 3 atom stereocenters. The minimum atomic E-state index is -1.66. The maximum atomic E-state index is 16.0. The summed E-state index contributed by atoms with van der Waals surface area (Å²) in [5, 5.41) is 9.03. The third kappa shape index (κ3) is 2.94. The van der Waals surface area contributed by atoms with Crippen molar-refractivity contribution < 1.29 is 28.0 Å². The van der Waals surface area contributed by atoms with Crippen LogP contribution in [0.2, 0.25) is 0 Å². The highest BCUT2D eigenvalue weighted by Gasteiger charge is 2.63. The number of carbonyl (C=O) groups excluding carboxylic acids is 3. The van der Waals surface area contributed by atoms with E-state index in [2.05, 4.69) is 15.8 Å². The van der Waals surface area contributed by atoms with Gasteiger partial charge in [0.05, 0.1) is 29.3 Å². The molecule has 176 valence electrons. The van der Waals surface area contributed by atoms with Gasteiger partial charge in [-0.3, -0.25) is 20.2 Å². The van der Waals surface area contributed by atoms with Crippen LogP contribution in [0.4, 0.5) is 20.7 Å². The summed E-state index contributed by atoms with van der Waals surface area (Å²) in [7, 11) is 1.84. The first kappa shape index (κ1) is 21.6. The van der Waals surface area contributed by atoms with Gasteiger partial charge in [0, 0.05) is 26.6 Å². The second-order valence-electron chi connectivity index (χ2n) is 9.14. The van der Waals surface area contributed by atoms with E-state index in [-0.39, 0.29) is 30.3 Å². The standard InChI is InChI=1S/C22H26FN5O5/c1-5-6-27(4)18-13-7-12-8-22(19(29)24-21(31)25-20(22)30)17-11(3)32-10(2)9-28(17)15(12)14(23)16(13)33-26-18/h7,10-11,17H,5-6,8-9H2,1-4H3,(H2,24,25,29,30,31)/t10-,11+,17-/m0/s1. The Hall–Kier alpha value is -3.21. The number of nitrogens with one attached hydrogen (secondary N) is 2. The highest BCUT2D eigenvalue weighted by Crippen LogP contribution is 2.49. The Labute approximate surface area is 189 Å². The van der Waals surface area contributed by atoms with Gasteiger partial charge in [0.2, 0.25) is 17.4 Å². The van der Waals surface area contributed by atoms with E-state index in [1.165, 1.54) is 0 Å². The van der Waals surface area contributed by atoms with Gasteiger partial charge in [-0.05, 0) is 31.9 Å². The molecule has 0 bridgehead atoms. The smallest absolute Gasteiger partial charge is 0.328 e. The monoisotopic (exact) mass is 459 g/mol. The summed E-state index contributed by atoms with van der Waals surface area (Å²) in [6.45, 7) is 6.57. The highest BCUT2D eigenvalue weighted by molar-refractivity contribution is 6.20. The molecular formula is C22H26FN5O5. The summed E-state index contributed by atoms with van der Waals surface area (Å²) >= 11 is 0. The van der Waals surface area contributed by atoms with Crippen LogP contribution in [0.15, 0.2) is 10.6 Å².